The first kappa shape index (κ1) is 13.7. The number of hydrogen-bond acceptors (Lipinski definition) is 5. The van der Waals surface area contributed by atoms with E-state index in [-0.39, 0.29) is 5.54 Å². The average molecular weight is 314 g/mol. The summed E-state index contributed by atoms with van der Waals surface area (Å²) >= 11 is 3.35. The van der Waals surface area contributed by atoms with Gasteiger partial charge in [-0.25, -0.2) is 9.97 Å². The molecule has 0 saturated carbocycles. The number of hydrogen-bond donors (Lipinski definition) is 1. The van der Waals surface area contributed by atoms with Crippen LogP contribution in [0.2, 0.25) is 0 Å². The molecule has 18 heavy (non-hydrogen) atoms. The van der Waals surface area contributed by atoms with Crippen LogP contribution < -0.4 is 10.6 Å². The second-order valence-electron chi connectivity index (χ2n) is 5.19. The molecule has 0 amide bonds. The van der Waals surface area contributed by atoms with Crippen molar-refractivity contribution in [2.75, 3.05) is 37.6 Å². The number of nitrogens with two attached hydrogens (primary N) is 1. The predicted molar refractivity (Wildman–Crippen MR) is 76.7 cm³/mol. The van der Waals surface area contributed by atoms with Crippen molar-refractivity contribution in [2.45, 2.75) is 19.4 Å². The maximum Gasteiger partial charge on any atom is 0.225 e. The van der Waals surface area contributed by atoms with E-state index >= 15 is 0 Å². The molecule has 1 saturated heterocycles. The van der Waals surface area contributed by atoms with Gasteiger partial charge >= 0.3 is 0 Å². The highest BCUT2D eigenvalue weighted by Crippen LogP contribution is 2.18. The zero-order chi connectivity index (χ0) is 13.2. The Morgan fingerprint density at radius 3 is 2.28 bits per heavy atom. The quantitative estimate of drug-likeness (QED) is 0.905. The van der Waals surface area contributed by atoms with Crippen molar-refractivity contribution in [2.24, 2.45) is 5.73 Å². The lowest BCUT2D eigenvalue weighted by Crippen LogP contribution is -2.57. The summed E-state index contributed by atoms with van der Waals surface area (Å²) in [5.74, 6) is 0.809. The molecular formula is C12H20BrN5. The third-order valence-corrected chi connectivity index (χ3v) is 3.93. The molecule has 0 unspecified atom stereocenters. The highest BCUT2D eigenvalue weighted by atomic mass is 79.9. The molecule has 0 aliphatic carbocycles. The topological polar surface area (TPSA) is 58.3 Å². The van der Waals surface area contributed by atoms with Crippen LogP contribution in [-0.4, -0.2) is 53.1 Å². The lowest BCUT2D eigenvalue weighted by molar-refractivity contribution is 0.118. The fourth-order valence-electron chi connectivity index (χ4n) is 2.11. The zero-order valence-electron chi connectivity index (χ0n) is 10.9. The molecule has 2 rings (SSSR count). The minimum Gasteiger partial charge on any atom is -0.338 e. The van der Waals surface area contributed by atoms with E-state index in [1.165, 1.54) is 0 Å². The van der Waals surface area contributed by atoms with Crippen LogP contribution in [0.1, 0.15) is 13.8 Å². The summed E-state index contributed by atoms with van der Waals surface area (Å²) in [6.07, 6.45) is 3.58. The van der Waals surface area contributed by atoms with E-state index in [9.17, 15) is 0 Å². The van der Waals surface area contributed by atoms with E-state index in [4.69, 9.17) is 5.73 Å². The first-order valence-corrected chi connectivity index (χ1v) is 7.00. The highest BCUT2D eigenvalue weighted by molar-refractivity contribution is 9.10. The number of aromatic nitrogens is 2. The third-order valence-electron chi connectivity index (χ3n) is 3.52. The van der Waals surface area contributed by atoms with Crippen LogP contribution in [0, 0.1) is 0 Å². The molecule has 2 N–H and O–H groups in total. The molecule has 1 aliphatic heterocycles. The van der Waals surface area contributed by atoms with Gasteiger partial charge in [-0.2, -0.15) is 0 Å². The Kier molecular flexibility index (Phi) is 4.19. The summed E-state index contributed by atoms with van der Waals surface area (Å²) < 4.78 is 0.911. The minimum absolute atomic E-state index is 0.0761. The number of rotatable bonds is 3. The molecule has 0 aromatic carbocycles. The normalized spacial score (nSPS) is 18.1. The number of halogens is 1. The Morgan fingerprint density at radius 2 is 1.78 bits per heavy atom. The first-order chi connectivity index (χ1) is 8.53. The van der Waals surface area contributed by atoms with Crippen molar-refractivity contribution in [3.05, 3.63) is 16.9 Å². The molecule has 5 nitrogen and oxygen atoms in total. The fraction of sp³-hybridized carbons (Fsp3) is 0.667. The smallest absolute Gasteiger partial charge is 0.225 e. The number of anilines is 1. The molecule has 1 aliphatic rings. The summed E-state index contributed by atoms with van der Waals surface area (Å²) in [6.45, 7) is 8.97. The molecule has 2 heterocycles. The number of piperazine rings is 1. The SMILES string of the molecule is CC(C)(CN)N1CCN(c2ncc(Br)cn2)CC1. The van der Waals surface area contributed by atoms with Gasteiger partial charge in [-0.1, -0.05) is 0 Å². The van der Waals surface area contributed by atoms with Crippen LogP contribution in [0.5, 0.6) is 0 Å². The Bertz CT molecular complexity index is 384. The summed E-state index contributed by atoms with van der Waals surface area (Å²) in [4.78, 5) is 13.3. The van der Waals surface area contributed by atoms with Crippen molar-refractivity contribution in [1.82, 2.24) is 14.9 Å². The molecule has 1 aromatic heterocycles. The van der Waals surface area contributed by atoms with Crippen LogP contribution in [-0.2, 0) is 0 Å². The van der Waals surface area contributed by atoms with Crippen LogP contribution in [0.15, 0.2) is 16.9 Å². The predicted octanol–water partition coefficient (Wildman–Crippen LogP) is 1.10. The highest BCUT2D eigenvalue weighted by Gasteiger charge is 2.29. The van der Waals surface area contributed by atoms with E-state index in [0.717, 1.165) is 36.6 Å². The lowest BCUT2D eigenvalue weighted by atomic mass is 10.0. The van der Waals surface area contributed by atoms with Gasteiger partial charge in [0.1, 0.15) is 0 Å². The molecule has 1 fully saturated rings. The molecule has 1 aromatic rings. The molecule has 6 heteroatoms. The molecule has 0 spiro atoms. The third kappa shape index (κ3) is 2.99. The van der Waals surface area contributed by atoms with Crippen LogP contribution in [0.3, 0.4) is 0 Å². The molecule has 0 atom stereocenters. The van der Waals surface area contributed by atoms with Gasteiger partial charge < -0.3 is 10.6 Å². The second kappa shape index (κ2) is 5.50. The number of nitrogens with zero attached hydrogens (tertiary/aromatic N) is 4. The average Bonchev–Trinajstić information content (AvgIpc) is 2.40. The first-order valence-electron chi connectivity index (χ1n) is 6.20. The van der Waals surface area contributed by atoms with Crippen molar-refractivity contribution in [3.8, 4) is 0 Å². The molecular weight excluding hydrogens is 294 g/mol. The van der Waals surface area contributed by atoms with Gasteiger partial charge in [0, 0.05) is 50.7 Å². The molecule has 0 radical (unpaired) electrons. The van der Waals surface area contributed by atoms with Gasteiger partial charge in [-0.05, 0) is 29.8 Å². The van der Waals surface area contributed by atoms with Crippen LogP contribution in [0.25, 0.3) is 0 Å². The maximum absolute atomic E-state index is 5.81. The summed E-state index contributed by atoms with van der Waals surface area (Å²) in [5.41, 5.74) is 5.89. The standard InChI is InChI=1S/C12H20BrN5/c1-12(2,9-14)18-5-3-17(4-6-18)11-15-7-10(13)8-16-11/h7-8H,3-6,9,14H2,1-2H3. The monoisotopic (exact) mass is 313 g/mol. The van der Waals surface area contributed by atoms with E-state index in [1.807, 2.05) is 0 Å². The van der Waals surface area contributed by atoms with Gasteiger partial charge in [-0.3, -0.25) is 4.90 Å². The Hall–Kier alpha value is -0.720. The van der Waals surface area contributed by atoms with Crippen molar-refractivity contribution >= 4 is 21.9 Å². The second-order valence-corrected chi connectivity index (χ2v) is 6.11. The van der Waals surface area contributed by atoms with Gasteiger partial charge in [-0.15, -0.1) is 0 Å². The van der Waals surface area contributed by atoms with Crippen LogP contribution >= 0.6 is 15.9 Å². The van der Waals surface area contributed by atoms with Crippen molar-refractivity contribution in [1.29, 1.82) is 0 Å². The molecule has 0 bridgehead atoms. The van der Waals surface area contributed by atoms with Gasteiger partial charge in [0.2, 0.25) is 5.95 Å². The Balaban J connectivity index is 1.96. The summed E-state index contributed by atoms with van der Waals surface area (Å²) in [7, 11) is 0. The van der Waals surface area contributed by atoms with Gasteiger partial charge in [0.25, 0.3) is 0 Å². The van der Waals surface area contributed by atoms with E-state index in [0.29, 0.717) is 6.54 Å². The van der Waals surface area contributed by atoms with E-state index in [1.54, 1.807) is 12.4 Å². The molecule has 100 valence electrons. The summed E-state index contributed by atoms with van der Waals surface area (Å²) in [6, 6.07) is 0. The zero-order valence-corrected chi connectivity index (χ0v) is 12.5. The summed E-state index contributed by atoms with van der Waals surface area (Å²) in [5, 5.41) is 0. The van der Waals surface area contributed by atoms with E-state index in [2.05, 4.69) is 49.5 Å². The van der Waals surface area contributed by atoms with E-state index < -0.39 is 0 Å². The van der Waals surface area contributed by atoms with Gasteiger partial charge in [0.15, 0.2) is 0 Å². The van der Waals surface area contributed by atoms with Crippen LogP contribution in [0.4, 0.5) is 5.95 Å². The van der Waals surface area contributed by atoms with Gasteiger partial charge in [0.05, 0.1) is 4.47 Å². The Morgan fingerprint density at radius 1 is 1.22 bits per heavy atom. The Labute approximate surface area is 117 Å². The fourth-order valence-corrected chi connectivity index (χ4v) is 2.31. The van der Waals surface area contributed by atoms with Crippen molar-refractivity contribution in [3.63, 3.8) is 0 Å². The largest absolute Gasteiger partial charge is 0.338 e. The lowest BCUT2D eigenvalue weighted by Gasteiger charge is -2.43. The maximum atomic E-state index is 5.81. The minimum atomic E-state index is 0.0761. The van der Waals surface area contributed by atoms with Crippen molar-refractivity contribution < 1.29 is 0 Å².